The highest BCUT2D eigenvalue weighted by Gasteiger charge is 2.21. The molecule has 0 saturated carbocycles. The molecule has 1 aliphatic heterocycles. The third-order valence-electron chi connectivity index (χ3n) is 5.79. The maximum Gasteiger partial charge on any atom is 0.251 e. The minimum atomic E-state index is 0.0337. The topological polar surface area (TPSA) is 57.4 Å². The van der Waals surface area contributed by atoms with E-state index in [0.29, 0.717) is 18.8 Å². The highest BCUT2D eigenvalue weighted by atomic mass is 16.5. The first-order valence-corrected chi connectivity index (χ1v) is 10.4. The summed E-state index contributed by atoms with van der Waals surface area (Å²) >= 11 is 0. The lowest BCUT2D eigenvalue weighted by Crippen LogP contribution is -2.46. The molecule has 2 aromatic rings. The van der Waals surface area contributed by atoms with Crippen molar-refractivity contribution in [2.45, 2.75) is 58.2 Å². The largest absolute Gasteiger partial charge is 0.373 e. The molecule has 2 aliphatic rings. The van der Waals surface area contributed by atoms with Gasteiger partial charge in [0.2, 0.25) is 0 Å². The summed E-state index contributed by atoms with van der Waals surface area (Å²) in [6.45, 7) is 7.92. The number of rotatable bonds is 5. The van der Waals surface area contributed by atoms with Crippen molar-refractivity contribution in [3.8, 4) is 0 Å². The molecule has 2 unspecified atom stereocenters. The Balaban J connectivity index is 1.32. The van der Waals surface area contributed by atoms with Gasteiger partial charge in [-0.2, -0.15) is 0 Å². The number of carbonyl (C=O) groups excluding carboxylic acids is 1. The number of aromatic amines is 1. The molecule has 0 spiro atoms. The highest BCUT2D eigenvalue weighted by Crippen LogP contribution is 2.29. The molecule has 1 saturated heterocycles. The predicted molar refractivity (Wildman–Crippen MR) is 108 cm³/mol. The van der Waals surface area contributed by atoms with E-state index >= 15 is 0 Å². The van der Waals surface area contributed by atoms with E-state index in [2.05, 4.69) is 41.2 Å². The molecule has 0 bridgehead atoms. The van der Waals surface area contributed by atoms with Gasteiger partial charge in [0.05, 0.1) is 12.2 Å². The summed E-state index contributed by atoms with van der Waals surface area (Å²) in [6.07, 6.45) is 6.31. The van der Waals surface area contributed by atoms with E-state index in [1.807, 2.05) is 6.07 Å². The van der Waals surface area contributed by atoms with Crippen LogP contribution in [0.3, 0.4) is 0 Å². The zero-order valence-electron chi connectivity index (χ0n) is 16.5. The summed E-state index contributed by atoms with van der Waals surface area (Å²) in [5.41, 5.74) is 4.71. The maximum absolute atomic E-state index is 12.6. The molecule has 4 rings (SSSR count). The summed E-state index contributed by atoms with van der Waals surface area (Å²) in [6, 6.07) is 6.06. The van der Waals surface area contributed by atoms with Crippen molar-refractivity contribution in [3.05, 3.63) is 35.0 Å². The molecular weight excluding hydrogens is 338 g/mol. The lowest BCUT2D eigenvalue weighted by atomic mass is 9.95. The molecular formula is C22H31N3O2. The Morgan fingerprint density at radius 3 is 2.81 bits per heavy atom. The second kappa shape index (κ2) is 8.03. The first-order valence-electron chi connectivity index (χ1n) is 10.4. The molecule has 2 heterocycles. The van der Waals surface area contributed by atoms with E-state index in [9.17, 15) is 4.79 Å². The highest BCUT2D eigenvalue weighted by molar-refractivity contribution is 5.99. The van der Waals surface area contributed by atoms with E-state index < -0.39 is 0 Å². The molecule has 2 N–H and O–H groups in total. The van der Waals surface area contributed by atoms with Crippen molar-refractivity contribution in [1.29, 1.82) is 0 Å². The van der Waals surface area contributed by atoms with Gasteiger partial charge in [-0.3, -0.25) is 9.69 Å². The molecule has 1 aliphatic carbocycles. The number of amides is 1. The molecule has 5 nitrogen and oxygen atoms in total. The van der Waals surface area contributed by atoms with Crippen molar-refractivity contribution in [3.63, 3.8) is 0 Å². The van der Waals surface area contributed by atoms with Crippen LogP contribution in [0.1, 0.15) is 54.7 Å². The van der Waals surface area contributed by atoms with Gasteiger partial charge in [0.1, 0.15) is 0 Å². The molecule has 146 valence electrons. The monoisotopic (exact) mass is 369 g/mol. The molecule has 1 aromatic heterocycles. The van der Waals surface area contributed by atoms with Crippen LogP contribution < -0.4 is 5.32 Å². The number of nitrogens with one attached hydrogen (secondary N) is 2. The van der Waals surface area contributed by atoms with Crippen LogP contribution in [-0.4, -0.2) is 54.2 Å². The zero-order valence-corrected chi connectivity index (χ0v) is 16.5. The van der Waals surface area contributed by atoms with Crippen LogP contribution in [-0.2, 0) is 17.6 Å². The van der Waals surface area contributed by atoms with Crippen LogP contribution in [0.25, 0.3) is 10.9 Å². The number of morpholine rings is 1. The van der Waals surface area contributed by atoms with Gasteiger partial charge in [0.25, 0.3) is 5.91 Å². The Labute approximate surface area is 161 Å². The summed E-state index contributed by atoms with van der Waals surface area (Å²) < 4.78 is 5.77. The number of nitrogens with zero attached hydrogens (tertiary/aromatic N) is 1. The molecule has 5 heteroatoms. The van der Waals surface area contributed by atoms with E-state index in [1.165, 1.54) is 29.5 Å². The molecule has 1 fully saturated rings. The number of fused-ring (bicyclic) bond motifs is 3. The Morgan fingerprint density at radius 1 is 1.22 bits per heavy atom. The van der Waals surface area contributed by atoms with Crippen molar-refractivity contribution in [2.24, 2.45) is 0 Å². The van der Waals surface area contributed by atoms with E-state index in [1.54, 1.807) is 0 Å². The second-order valence-corrected chi connectivity index (χ2v) is 8.18. The first kappa shape index (κ1) is 18.5. The Kier molecular flexibility index (Phi) is 5.50. The maximum atomic E-state index is 12.6. The molecule has 0 radical (unpaired) electrons. The number of hydrogen-bond acceptors (Lipinski definition) is 3. The fourth-order valence-electron chi connectivity index (χ4n) is 4.62. The van der Waals surface area contributed by atoms with Crippen molar-refractivity contribution < 1.29 is 9.53 Å². The van der Waals surface area contributed by atoms with Crippen LogP contribution in [0.5, 0.6) is 0 Å². The van der Waals surface area contributed by atoms with E-state index in [0.717, 1.165) is 50.0 Å². The number of aromatic nitrogens is 1. The average Bonchev–Trinajstić information content (AvgIpc) is 3.02. The summed E-state index contributed by atoms with van der Waals surface area (Å²) in [5, 5.41) is 4.32. The minimum absolute atomic E-state index is 0.0337. The number of hydrogen-bond donors (Lipinski definition) is 2. The summed E-state index contributed by atoms with van der Waals surface area (Å²) in [4.78, 5) is 18.5. The van der Waals surface area contributed by atoms with Crippen LogP contribution in [0, 0.1) is 0 Å². The zero-order chi connectivity index (χ0) is 18.8. The molecule has 1 aromatic carbocycles. The SMILES string of the molecule is CC1CN(CCCNC(=O)c2ccc3[nH]c4c(c3c2)CCCC4)CC(C)O1. The van der Waals surface area contributed by atoms with Gasteiger partial charge in [-0.15, -0.1) is 0 Å². The van der Waals surface area contributed by atoms with Crippen LogP contribution >= 0.6 is 0 Å². The lowest BCUT2D eigenvalue weighted by Gasteiger charge is -2.35. The average molecular weight is 370 g/mol. The normalized spacial score (nSPS) is 23.3. The van der Waals surface area contributed by atoms with Crippen LogP contribution in [0.4, 0.5) is 0 Å². The number of benzene rings is 1. The Hall–Kier alpha value is -1.85. The Morgan fingerprint density at radius 2 is 2.00 bits per heavy atom. The fraction of sp³-hybridized carbons (Fsp3) is 0.591. The Bertz CT molecular complexity index is 803. The second-order valence-electron chi connectivity index (χ2n) is 8.18. The molecule has 27 heavy (non-hydrogen) atoms. The number of carbonyl (C=O) groups is 1. The van der Waals surface area contributed by atoms with Gasteiger partial charge in [-0.05, 0) is 69.7 Å². The van der Waals surface area contributed by atoms with Gasteiger partial charge < -0.3 is 15.0 Å². The standard InChI is InChI=1S/C22H31N3O2/c1-15-13-25(14-16(2)27-15)11-5-10-23-22(26)17-8-9-21-19(12-17)18-6-3-4-7-20(18)24-21/h8-9,12,15-16,24H,3-7,10-11,13-14H2,1-2H3,(H,23,26). The van der Waals surface area contributed by atoms with Crippen molar-refractivity contribution in [1.82, 2.24) is 15.2 Å². The molecule has 1 amide bonds. The van der Waals surface area contributed by atoms with Crippen LogP contribution in [0.15, 0.2) is 18.2 Å². The van der Waals surface area contributed by atoms with Crippen LogP contribution in [0.2, 0.25) is 0 Å². The third-order valence-corrected chi connectivity index (χ3v) is 5.79. The van der Waals surface area contributed by atoms with Gasteiger partial charge in [0.15, 0.2) is 0 Å². The first-order chi connectivity index (χ1) is 13.1. The fourth-order valence-corrected chi connectivity index (χ4v) is 4.62. The van der Waals surface area contributed by atoms with E-state index in [-0.39, 0.29) is 5.91 Å². The van der Waals surface area contributed by atoms with Gasteiger partial charge >= 0.3 is 0 Å². The number of H-pyrrole nitrogens is 1. The number of aryl methyl sites for hydroxylation is 2. The van der Waals surface area contributed by atoms with Gasteiger partial charge in [-0.1, -0.05) is 0 Å². The quantitative estimate of drug-likeness (QED) is 0.795. The summed E-state index contributed by atoms with van der Waals surface area (Å²) in [5.74, 6) is 0.0337. The lowest BCUT2D eigenvalue weighted by molar-refractivity contribution is -0.0679. The predicted octanol–water partition coefficient (Wildman–Crippen LogP) is 3.28. The van der Waals surface area contributed by atoms with E-state index in [4.69, 9.17) is 4.74 Å². The van der Waals surface area contributed by atoms with Crippen molar-refractivity contribution >= 4 is 16.8 Å². The third kappa shape index (κ3) is 4.19. The van der Waals surface area contributed by atoms with Crippen molar-refractivity contribution in [2.75, 3.05) is 26.2 Å². The number of ether oxygens (including phenoxy) is 1. The molecule has 2 atom stereocenters. The van der Waals surface area contributed by atoms with Gasteiger partial charge in [0, 0.05) is 48.3 Å². The minimum Gasteiger partial charge on any atom is -0.373 e. The summed E-state index contributed by atoms with van der Waals surface area (Å²) in [7, 11) is 0. The smallest absolute Gasteiger partial charge is 0.251 e. The van der Waals surface area contributed by atoms with Gasteiger partial charge in [-0.25, -0.2) is 0 Å².